The van der Waals surface area contributed by atoms with Gasteiger partial charge >= 0.3 is 6.18 Å². The molecule has 8 heteroatoms. The first-order chi connectivity index (χ1) is 10.5. The molecule has 0 saturated heterocycles. The van der Waals surface area contributed by atoms with Crippen LogP contribution in [0.5, 0.6) is 0 Å². The molecule has 2 aromatic rings. The zero-order chi connectivity index (χ0) is 15.7. The first-order valence-corrected chi connectivity index (χ1v) is 6.96. The Morgan fingerprint density at radius 3 is 2.86 bits per heavy atom. The number of rotatable bonds is 5. The van der Waals surface area contributed by atoms with Crippen molar-refractivity contribution in [1.82, 2.24) is 15.2 Å². The lowest BCUT2D eigenvalue weighted by Gasteiger charge is -2.12. The fourth-order valence-electron chi connectivity index (χ4n) is 2.31. The van der Waals surface area contributed by atoms with Crippen molar-refractivity contribution in [2.24, 2.45) is 0 Å². The summed E-state index contributed by atoms with van der Waals surface area (Å²) >= 11 is 0. The minimum absolute atomic E-state index is 0.0716. The largest absolute Gasteiger partial charge is 0.418 e. The predicted octanol–water partition coefficient (Wildman–Crippen LogP) is 3.46. The van der Waals surface area contributed by atoms with Crippen LogP contribution in [-0.4, -0.2) is 27.9 Å². The van der Waals surface area contributed by atoms with Crippen molar-refractivity contribution in [1.29, 1.82) is 0 Å². The number of para-hydroxylation sites is 1. The molecule has 1 saturated carbocycles. The van der Waals surface area contributed by atoms with E-state index in [-0.39, 0.29) is 23.7 Å². The van der Waals surface area contributed by atoms with Gasteiger partial charge in [0, 0.05) is 12.5 Å². The summed E-state index contributed by atoms with van der Waals surface area (Å²) in [7, 11) is 0. The highest BCUT2D eigenvalue weighted by Gasteiger charge is 2.42. The van der Waals surface area contributed by atoms with E-state index in [1.165, 1.54) is 18.2 Å². The molecule has 1 aliphatic rings. The second-order valence-electron chi connectivity index (χ2n) is 5.05. The molecule has 2 N–H and O–H groups in total. The number of H-pyrrole nitrogens is 1. The molecule has 1 aliphatic carbocycles. The molecule has 3 rings (SSSR count). The van der Waals surface area contributed by atoms with E-state index in [2.05, 4.69) is 20.5 Å². The lowest BCUT2D eigenvalue weighted by Crippen LogP contribution is -2.09. The summed E-state index contributed by atoms with van der Waals surface area (Å²) in [6.45, 7) is 2.54. The van der Waals surface area contributed by atoms with E-state index < -0.39 is 11.7 Å². The van der Waals surface area contributed by atoms with Crippen LogP contribution in [0.4, 0.5) is 24.8 Å². The number of ether oxygens (including phenoxy) is 1. The normalized spacial score (nSPS) is 20.9. The maximum absolute atomic E-state index is 12.9. The van der Waals surface area contributed by atoms with Gasteiger partial charge in [0.25, 0.3) is 0 Å². The maximum atomic E-state index is 12.9. The molecule has 0 bridgehead atoms. The monoisotopic (exact) mass is 312 g/mol. The van der Waals surface area contributed by atoms with Gasteiger partial charge in [-0.15, -0.1) is 5.10 Å². The third-order valence-corrected chi connectivity index (χ3v) is 3.45. The Morgan fingerprint density at radius 1 is 1.36 bits per heavy atom. The van der Waals surface area contributed by atoms with Crippen molar-refractivity contribution in [3.05, 3.63) is 35.7 Å². The summed E-state index contributed by atoms with van der Waals surface area (Å²) in [4.78, 5) is 4.20. The highest BCUT2D eigenvalue weighted by Crippen LogP contribution is 2.42. The number of aromatic amines is 1. The molecule has 118 valence electrons. The van der Waals surface area contributed by atoms with Crippen molar-refractivity contribution in [3.8, 4) is 0 Å². The highest BCUT2D eigenvalue weighted by atomic mass is 19.4. The van der Waals surface area contributed by atoms with E-state index in [0.717, 1.165) is 12.5 Å². The van der Waals surface area contributed by atoms with Gasteiger partial charge in [0.2, 0.25) is 5.95 Å². The quantitative estimate of drug-likeness (QED) is 0.887. The van der Waals surface area contributed by atoms with Gasteiger partial charge in [-0.2, -0.15) is 18.2 Å². The van der Waals surface area contributed by atoms with Gasteiger partial charge in [0.05, 0.1) is 17.4 Å². The number of aromatic nitrogens is 3. The number of hydrogen-bond donors (Lipinski definition) is 2. The summed E-state index contributed by atoms with van der Waals surface area (Å²) in [5, 5.41) is 9.28. The van der Waals surface area contributed by atoms with Crippen molar-refractivity contribution in [2.45, 2.75) is 31.5 Å². The number of anilines is 2. The van der Waals surface area contributed by atoms with Crippen molar-refractivity contribution >= 4 is 11.6 Å². The third kappa shape index (κ3) is 3.06. The van der Waals surface area contributed by atoms with Gasteiger partial charge in [-0.05, 0) is 25.5 Å². The minimum atomic E-state index is -4.43. The number of nitrogens with zero attached hydrogens (tertiary/aromatic N) is 2. The van der Waals surface area contributed by atoms with Crippen molar-refractivity contribution < 1.29 is 17.9 Å². The summed E-state index contributed by atoms with van der Waals surface area (Å²) in [6.07, 6.45) is -3.46. The molecule has 0 aliphatic heterocycles. The van der Waals surface area contributed by atoms with E-state index in [1.54, 1.807) is 0 Å². The van der Waals surface area contributed by atoms with Crippen LogP contribution in [0.15, 0.2) is 24.3 Å². The smallest absolute Gasteiger partial charge is 0.378 e. The predicted molar refractivity (Wildman–Crippen MR) is 73.9 cm³/mol. The van der Waals surface area contributed by atoms with E-state index in [9.17, 15) is 13.2 Å². The lowest BCUT2D eigenvalue weighted by molar-refractivity contribution is -0.136. The van der Waals surface area contributed by atoms with Crippen LogP contribution < -0.4 is 5.32 Å². The molecule has 1 aromatic carbocycles. The molecule has 1 fully saturated rings. The molecule has 0 amide bonds. The number of alkyl halides is 3. The molecular weight excluding hydrogens is 297 g/mol. The number of hydrogen-bond acceptors (Lipinski definition) is 4. The fraction of sp³-hybridized carbons (Fsp3) is 0.429. The Hall–Kier alpha value is -2.09. The molecule has 2 atom stereocenters. The molecule has 5 nitrogen and oxygen atoms in total. The molecule has 0 radical (unpaired) electrons. The van der Waals surface area contributed by atoms with Crippen LogP contribution in [-0.2, 0) is 10.9 Å². The highest BCUT2D eigenvalue weighted by molar-refractivity contribution is 5.59. The van der Waals surface area contributed by atoms with Crippen LogP contribution in [0.2, 0.25) is 0 Å². The molecular formula is C14H15F3N4O. The van der Waals surface area contributed by atoms with E-state index in [4.69, 9.17) is 4.74 Å². The summed E-state index contributed by atoms with van der Waals surface area (Å²) in [5.41, 5.74) is -0.822. The zero-order valence-corrected chi connectivity index (χ0v) is 11.8. The van der Waals surface area contributed by atoms with Crippen LogP contribution in [0, 0.1) is 0 Å². The fourth-order valence-corrected chi connectivity index (χ4v) is 2.31. The van der Waals surface area contributed by atoms with Gasteiger partial charge in [-0.25, -0.2) is 0 Å². The SMILES string of the molecule is CCOC1CC1c1nc(Nc2ccccc2C(F)(F)F)n[nH]1. The molecule has 1 aromatic heterocycles. The second-order valence-corrected chi connectivity index (χ2v) is 5.05. The molecule has 2 unspecified atom stereocenters. The van der Waals surface area contributed by atoms with Crippen molar-refractivity contribution in [2.75, 3.05) is 11.9 Å². The first-order valence-electron chi connectivity index (χ1n) is 6.96. The zero-order valence-electron chi connectivity index (χ0n) is 11.8. The van der Waals surface area contributed by atoms with E-state index >= 15 is 0 Å². The van der Waals surface area contributed by atoms with Gasteiger partial charge in [0.1, 0.15) is 5.82 Å². The van der Waals surface area contributed by atoms with Crippen molar-refractivity contribution in [3.63, 3.8) is 0 Å². The molecule has 1 heterocycles. The van der Waals surface area contributed by atoms with Gasteiger partial charge in [-0.1, -0.05) is 12.1 Å². The minimum Gasteiger partial charge on any atom is -0.378 e. The first kappa shape index (κ1) is 14.8. The average Bonchev–Trinajstić information content (AvgIpc) is 3.07. The van der Waals surface area contributed by atoms with Gasteiger partial charge < -0.3 is 10.1 Å². The average molecular weight is 312 g/mol. The topological polar surface area (TPSA) is 62.8 Å². The summed E-state index contributed by atoms with van der Waals surface area (Å²) in [6, 6.07) is 5.23. The van der Waals surface area contributed by atoms with Gasteiger partial charge in [0.15, 0.2) is 0 Å². The van der Waals surface area contributed by atoms with Gasteiger partial charge in [-0.3, -0.25) is 5.10 Å². The summed E-state index contributed by atoms with van der Waals surface area (Å²) < 4.78 is 44.2. The Morgan fingerprint density at radius 2 is 2.14 bits per heavy atom. The molecule has 0 spiro atoms. The number of benzene rings is 1. The van der Waals surface area contributed by atoms with Crippen LogP contribution in [0.3, 0.4) is 0 Å². The lowest BCUT2D eigenvalue weighted by atomic mass is 10.1. The third-order valence-electron chi connectivity index (χ3n) is 3.45. The molecule has 22 heavy (non-hydrogen) atoms. The Bertz CT molecular complexity index is 656. The van der Waals surface area contributed by atoms with Crippen LogP contribution in [0.25, 0.3) is 0 Å². The maximum Gasteiger partial charge on any atom is 0.418 e. The number of halogens is 3. The van der Waals surface area contributed by atoms with Crippen LogP contribution in [0.1, 0.15) is 30.7 Å². The van der Waals surface area contributed by atoms with E-state index in [1.807, 2.05) is 6.92 Å². The Balaban J connectivity index is 1.74. The Kier molecular flexibility index (Phi) is 3.78. The summed E-state index contributed by atoms with van der Waals surface area (Å²) in [5.74, 6) is 0.889. The van der Waals surface area contributed by atoms with E-state index in [0.29, 0.717) is 12.4 Å². The second kappa shape index (κ2) is 5.60. The standard InChI is InChI=1S/C14H15F3N4O/c1-2-22-11-7-8(11)12-19-13(21-20-12)18-10-6-4-3-5-9(10)14(15,16)17/h3-6,8,11H,2,7H2,1H3,(H2,18,19,20,21). The Labute approximate surface area is 124 Å². The van der Waals surface area contributed by atoms with Crippen LogP contribution >= 0.6 is 0 Å². The number of nitrogens with one attached hydrogen (secondary N) is 2.